The average Bonchev–Trinajstić information content (AvgIpc) is 3.16. The van der Waals surface area contributed by atoms with Gasteiger partial charge in [0.15, 0.2) is 11.5 Å². The van der Waals surface area contributed by atoms with Crippen molar-refractivity contribution < 1.29 is 32.6 Å². The standard InChI is InChI=1S/C18H30N5O7PS2/c1-13(2)30-18(24)26-11-29-31(25,28-6-5-7-33-32-4)12-27-14(3)8-23-10-22-15-16(19)20-9-21-17(15)23/h9-10,13-14H,5-8,11-12H2,1-4H3,(H2,19,20,21)/t14-,31?/m1/s1. The van der Waals surface area contributed by atoms with Crippen LogP contribution in [0.3, 0.4) is 0 Å². The van der Waals surface area contributed by atoms with Gasteiger partial charge >= 0.3 is 13.8 Å². The minimum Gasteiger partial charge on any atom is -0.432 e. The highest BCUT2D eigenvalue weighted by molar-refractivity contribution is 8.76. The molecule has 2 aromatic rings. The van der Waals surface area contributed by atoms with Gasteiger partial charge in [0, 0.05) is 5.75 Å². The number of hydrogen-bond acceptors (Lipinski definition) is 13. The maximum atomic E-state index is 13.1. The van der Waals surface area contributed by atoms with Crippen molar-refractivity contribution in [2.75, 3.05) is 37.5 Å². The molecule has 0 fully saturated rings. The number of nitrogens with two attached hydrogens (primary N) is 1. The Morgan fingerprint density at radius 3 is 2.76 bits per heavy atom. The number of anilines is 1. The van der Waals surface area contributed by atoms with E-state index in [1.165, 1.54) is 6.33 Å². The van der Waals surface area contributed by atoms with Gasteiger partial charge in [-0.15, -0.1) is 0 Å². The Hall–Kier alpha value is -1.57. The molecule has 0 bridgehead atoms. The number of nitrogens with zero attached hydrogens (tertiary/aromatic N) is 4. The van der Waals surface area contributed by atoms with Crippen LogP contribution >= 0.6 is 29.2 Å². The highest BCUT2D eigenvalue weighted by atomic mass is 33.1. The summed E-state index contributed by atoms with van der Waals surface area (Å²) in [6, 6.07) is 0. The topological polar surface area (TPSA) is 150 Å². The molecule has 0 saturated heterocycles. The molecule has 0 aliphatic carbocycles. The quantitative estimate of drug-likeness (QED) is 0.118. The first kappa shape index (κ1) is 27.7. The fraction of sp³-hybridized carbons (Fsp3) is 0.667. The lowest BCUT2D eigenvalue weighted by molar-refractivity contribution is -0.0180. The smallest absolute Gasteiger partial charge is 0.432 e. The van der Waals surface area contributed by atoms with Crippen LogP contribution in [0.2, 0.25) is 0 Å². The van der Waals surface area contributed by atoms with Gasteiger partial charge in [-0.25, -0.2) is 19.7 Å². The van der Waals surface area contributed by atoms with Gasteiger partial charge in [-0.2, -0.15) is 0 Å². The zero-order chi connectivity index (χ0) is 24.3. The van der Waals surface area contributed by atoms with Crippen LogP contribution in [0.15, 0.2) is 12.7 Å². The van der Waals surface area contributed by atoms with E-state index in [2.05, 4.69) is 15.0 Å². The van der Waals surface area contributed by atoms with E-state index < -0.39 is 26.6 Å². The van der Waals surface area contributed by atoms with Crippen molar-refractivity contribution in [1.29, 1.82) is 0 Å². The first-order chi connectivity index (χ1) is 15.7. The van der Waals surface area contributed by atoms with E-state index in [-0.39, 0.29) is 24.9 Å². The highest BCUT2D eigenvalue weighted by Crippen LogP contribution is 2.48. The van der Waals surface area contributed by atoms with Crippen LogP contribution in [0.1, 0.15) is 27.2 Å². The van der Waals surface area contributed by atoms with Gasteiger partial charge in [0.2, 0.25) is 6.79 Å². The largest absolute Gasteiger partial charge is 0.510 e. The molecule has 1 unspecified atom stereocenters. The molecule has 0 amide bonds. The maximum Gasteiger partial charge on any atom is 0.510 e. The summed E-state index contributed by atoms with van der Waals surface area (Å²) in [6.07, 6.45) is 3.61. The Labute approximate surface area is 200 Å². The Bertz CT molecular complexity index is 933. The third kappa shape index (κ3) is 9.67. The number of rotatable bonds is 15. The molecule has 2 heterocycles. The SMILES string of the molecule is CSSCCCOP(=O)(CO[C@H](C)Cn1cnc2c(N)ncnc21)OCOC(=O)OC(C)C. The van der Waals surface area contributed by atoms with Crippen LogP contribution in [0, 0.1) is 0 Å². The summed E-state index contributed by atoms with van der Waals surface area (Å²) in [7, 11) is -0.391. The fourth-order valence-electron chi connectivity index (χ4n) is 2.48. The van der Waals surface area contributed by atoms with Crippen LogP contribution in [0.25, 0.3) is 11.2 Å². The summed E-state index contributed by atoms with van der Waals surface area (Å²) in [6.45, 7) is 5.16. The maximum absolute atomic E-state index is 13.1. The van der Waals surface area contributed by atoms with Crippen molar-refractivity contribution in [1.82, 2.24) is 19.5 Å². The number of aromatic nitrogens is 4. The number of carbonyl (C=O) groups is 1. The minimum absolute atomic E-state index is 0.210. The molecule has 2 atom stereocenters. The molecule has 2 rings (SSSR count). The Balaban J connectivity index is 1.91. The molecule has 0 aromatic carbocycles. The van der Waals surface area contributed by atoms with Crippen molar-refractivity contribution in [2.45, 2.75) is 45.9 Å². The van der Waals surface area contributed by atoms with E-state index in [4.69, 9.17) is 29.0 Å². The molecule has 0 aliphatic rings. The molecule has 33 heavy (non-hydrogen) atoms. The second kappa shape index (κ2) is 14.0. The third-order valence-electron chi connectivity index (χ3n) is 3.94. The number of imidazole rings is 1. The third-order valence-corrected chi connectivity index (χ3v) is 7.37. The van der Waals surface area contributed by atoms with Gasteiger partial charge in [0.1, 0.15) is 18.2 Å². The molecule has 2 N–H and O–H groups in total. The molecule has 0 aliphatic heterocycles. The van der Waals surface area contributed by atoms with E-state index >= 15 is 0 Å². The van der Waals surface area contributed by atoms with Gasteiger partial charge in [0.25, 0.3) is 0 Å². The summed E-state index contributed by atoms with van der Waals surface area (Å²) in [4.78, 5) is 23.8. The number of carbonyl (C=O) groups excluding carboxylic acids is 1. The lowest BCUT2D eigenvalue weighted by Gasteiger charge is -2.21. The van der Waals surface area contributed by atoms with Crippen LogP contribution < -0.4 is 5.73 Å². The monoisotopic (exact) mass is 523 g/mol. The number of hydrogen-bond donors (Lipinski definition) is 1. The number of fused-ring (bicyclic) bond motifs is 1. The highest BCUT2D eigenvalue weighted by Gasteiger charge is 2.27. The zero-order valence-electron chi connectivity index (χ0n) is 19.0. The summed E-state index contributed by atoms with van der Waals surface area (Å²) in [5.41, 5.74) is 6.87. The molecule has 2 aromatic heterocycles. The fourth-order valence-corrected chi connectivity index (χ4v) is 5.02. The van der Waals surface area contributed by atoms with Crippen molar-refractivity contribution in [3.8, 4) is 0 Å². The lowest BCUT2D eigenvalue weighted by atomic mass is 10.4. The van der Waals surface area contributed by atoms with Gasteiger partial charge in [0.05, 0.1) is 31.7 Å². The van der Waals surface area contributed by atoms with Gasteiger partial charge in [-0.3, -0.25) is 9.09 Å². The summed E-state index contributed by atoms with van der Waals surface area (Å²) >= 11 is 0. The molecule has 15 heteroatoms. The van der Waals surface area contributed by atoms with Crippen molar-refractivity contribution in [2.24, 2.45) is 0 Å². The molecular weight excluding hydrogens is 493 g/mol. The second-order valence-corrected chi connectivity index (χ2v) is 11.7. The Morgan fingerprint density at radius 2 is 2.03 bits per heavy atom. The van der Waals surface area contributed by atoms with Gasteiger partial charge in [-0.1, -0.05) is 21.6 Å². The van der Waals surface area contributed by atoms with E-state index in [1.54, 1.807) is 53.3 Å². The number of nitrogen functional groups attached to an aromatic ring is 1. The molecule has 0 saturated carbocycles. The van der Waals surface area contributed by atoms with Crippen molar-refractivity contribution in [3.63, 3.8) is 0 Å². The molecule has 12 nitrogen and oxygen atoms in total. The second-order valence-electron chi connectivity index (χ2n) is 7.03. The first-order valence-electron chi connectivity index (χ1n) is 10.1. The normalized spacial score (nSPS) is 14.3. The number of ether oxygens (including phenoxy) is 3. The Kier molecular flexibility index (Phi) is 11.7. The summed E-state index contributed by atoms with van der Waals surface area (Å²) in [5.74, 6) is 1.11. The summed E-state index contributed by atoms with van der Waals surface area (Å²) < 4.78 is 41.1. The molecular formula is C18H30N5O7PS2. The van der Waals surface area contributed by atoms with Crippen LogP contribution in [-0.4, -0.2) is 69.6 Å². The van der Waals surface area contributed by atoms with Crippen molar-refractivity contribution >= 4 is 52.3 Å². The molecule has 0 radical (unpaired) electrons. The summed E-state index contributed by atoms with van der Waals surface area (Å²) in [5, 5.41) is 0. The van der Waals surface area contributed by atoms with E-state index in [0.29, 0.717) is 24.1 Å². The first-order valence-corrected chi connectivity index (χ1v) is 14.6. The van der Waals surface area contributed by atoms with E-state index in [9.17, 15) is 9.36 Å². The van der Waals surface area contributed by atoms with Crippen LogP contribution in [0.5, 0.6) is 0 Å². The van der Waals surface area contributed by atoms with E-state index in [0.717, 1.165) is 5.75 Å². The lowest BCUT2D eigenvalue weighted by Crippen LogP contribution is -2.19. The average molecular weight is 524 g/mol. The predicted octanol–water partition coefficient (Wildman–Crippen LogP) is 3.92. The predicted molar refractivity (Wildman–Crippen MR) is 128 cm³/mol. The van der Waals surface area contributed by atoms with Crippen molar-refractivity contribution in [3.05, 3.63) is 12.7 Å². The van der Waals surface area contributed by atoms with E-state index in [1.807, 2.05) is 6.26 Å². The van der Waals surface area contributed by atoms with Crippen LogP contribution in [0.4, 0.5) is 10.6 Å². The van der Waals surface area contributed by atoms with Gasteiger partial charge in [-0.05, 0) is 33.4 Å². The van der Waals surface area contributed by atoms with Gasteiger partial charge < -0.3 is 29.0 Å². The molecule has 186 valence electrons. The molecule has 0 spiro atoms. The zero-order valence-corrected chi connectivity index (χ0v) is 21.6. The van der Waals surface area contributed by atoms with Crippen LogP contribution in [-0.2, 0) is 34.4 Å². The Morgan fingerprint density at radius 1 is 1.24 bits per heavy atom. The minimum atomic E-state index is -3.70.